The maximum absolute atomic E-state index is 13.1. The van der Waals surface area contributed by atoms with E-state index in [1.54, 1.807) is 0 Å². The third-order valence-corrected chi connectivity index (χ3v) is 5.97. The number of carbonyl (C=O) groups is 1. The van der Waals surface area contributed by atoms with E-state index in [1.807, 2.05) is 37.3 Å². The van der Waals surface area contributed by atoms with Crippen LogP contribution in [-0.2, 0) is 4.79 Å². The highest BCUT2D eigenvalue weighted by Gasteiger charge is 2.29. The molecule has 2 N–H and O–H groups in total. The standard InChI is InChI=1S/C23H30FN3O/c1-4-17(2)21-7-5-6-8-22(21)25-23(28)18(3)26-13-15-27(16-14-26)20-11-9-19(24)10-12-20/h5-12,17-18H,4,13-16H2,1-3H3,(H,25,28)/p+1/t17-,18-/m0/s1. The molecule has 0 radical (unpaired) electrons. The Morgan fingerprint density at radius 2 is 1.75 bits per heavy atom. The number of quaternary nitrogens is 1. The first-order valence-electron chi connectivity index (χ1n) is 10.2. The summed E-state index contributed by atoms with van der Waals surface area (Å²) in [5.74, 6) is 0.273. The zero-order valence-corrected chi connectivity index (χ0v) is 17.0. The van der Waals surface area contributed by atoms with Crippen LogP contribution in [0.25, 0.3) is 0 Å². The maximum Gasteiger partial charge on any atom is 0.282 e. The van der Waals surface area contributed by atoms with Crippen LogP contribution in [0.4, 0.5) is 15.8 Å². The highest BCUT2D eigenvalue weighted by Crippen LogP contribution is 2.26. The van der Waals surface area contributed by atoms with Crippen LogP contribution in [0.3, 0.4) is 0 Å². The Balaban J connectivity index is 1.58. The molecule has 150 valence electrons. The van der Waals surface area contributed by atoms with Crippen LogP contribution in [0.1, 0.15) is 38.7 Å². The van der Waals surface area contributed by atoms with Crippen molar-refractivity contribution in [2.45, 2.75) is 39.2 Å². The summed E-state index contributed by atoms with van der Waals surface area (Å²) < 4.78 is 13.1. The van der Waals surface area contributed by atoms with Gasteiger partial charge in [-0.15, -0.1) is 0 Å². The molecule has 0 aliphatic carbocycles. The van der Waals surface area contributed by atoms with Crippen molar-refractivity contribution >= 4 is 17.3 Å². The Labute approximate surface area is 167 Å². The van der Waals surface area contributed by atoms with E-state index in [-0.39, 0.29) is 17.8 Å². The van der Waals surface area contributed by atoms with Gasteiger partial charge in [0, 0.05) is 11.4 Å². The normalized spacial score (nSPS) is 17.2. The van der Waals surface area contributed by atoms with Gasteiger partial charge in [-0.1, -0.05) is 32.0 Å². The molecule has 28 heavy (non-hydrogen) atoms. The summed E-state index contributed by atoms with van der Waals surface area (Å²) in [7, 11) is 0. The van der Waals surface area contributed by atoms with E-state index >= 15 is 0 Å². The van der Waals surface area contributed by atoms with Crippen LogP contribution in [0.15, 0.2) is 48.5 Å². The number of para-hydroxylation sites is 1. The smallest absolute Gasteiger partial charge is 0.282 e. The fraction of sp³-hybridized carbons (Fsp3) is 0.435. The molecular weight excluding hydrogens is 353 g/mol. The van der Waals surface area contributed by atoms with Crippen molar-refractivity contribution in [3.63, 3.8) is 0 Å². The third kappa shape index (κ3) is 4.71. The summed E-state index contributed by atoms with van der Waals surface area (Å²) in [6, 6.07) is 14.6. The second kappa shape index (κ2) is 9.20. The Morgan fingerprint density at radius 3 is 2.39 bits per heavy atom. The molecule has 0 saturated carbocycles. The van der Waals surface area contributed by atoms with Crippen LogP contribution in [0.5, 0.6) is 0 Å². The maximum atomic E-state index is 13.1. The molecule has 1 aliphatic heterocycles. The molecule has 1 amide bonds. The molecule has 3 rings (SSSR count). The van der Waals surface area contributed by atoms with Gasteiger partial charge >= 0.3 is 0 Å². The number of amides is 1. The summed E-state index contributed by atoms with van der Waals surface area (Å²) in [5.41, 5.74) is 3.17. The van der Waals surface area contributed by atoms with Crippen molar-refractivity contribution in [1.82, 2.24) is 0 Å². The Hall–Kier alpha value is -2.40. The van der Waals surface area contributed by atoms with Crippen molar-refractivity contribution in [2.24, 2.45) is 0 Å². The van der Waals surface area contributed by atoms with Gasteiger partial charge < -0.3 is 15.1 Å². The first-order valence-corrected chi connectivity index (χ1v) is 10.2. The minimum absolute atomic E-state index is 0.0704. The fourth-order valence-electron chi connectivity index (χ4n) is 3.82. The number of benzene rings is 2. The Kier molecular flexibility index (Phi) is 6.68. The van der Waals surface area contributed by atoms with Crippen molar-refractivity contribution in [2.75, 3.05) is 36.4 Å². The molecule has 2 atom stereocenters. The van der Waals surface area contributed by atoms with E-state index in [4.69, 9.17) is 0 Å². The van der Waals surface area contributed by atoms with E-state index in [1.165, 1.54) is 22.6 Å². The van der Waals surface area contributed by atoms with Crippen molar-refractivity contribution < 1.29 is 14.1 Å². The van der Waals surface area contributed by atoms with Crippen molar-refractivity contribution in [3.05, 3.63) is 59.9 Å². The first-order chi connectivity index (χ1) is 13.5. The van der Waals surface area contributed by atoms with Crippen LogP contribution in [0, 0.1) is 5.82 Å². The highest BCUT2D eigenvalue weighted by atomic mass is 19.1. The molecule has 1 saturated heterocycles. The fourth-order valence-corrected chi connectivity index (χ4v) is 3.82. The zero-order chi connectivity index (χ0) is 20.1. The number of rotatable bonds is 6. The molecule has 0 unspecified atom stereocenters. The predicted molar refractivity (Wildman–Crippen MR) is 113 cm³/mol. The molecule has 4 nitrogen and oxygen atoms in total. The molecule has 0 spiro atoms. The third-order valence-electron chi connectivity index (χ3n) is 5.97. The summed E-state index contributed by atoms with van der Waals surface area (Å²) in [4.78, 5) is 16.4. The van der Waals surface area contributed by atoms with Crippen LogP contribution >= 0.6 is 0 Å². The summed E-state index contributed by atoms with van der Waals surface area (Å²) in [5, 5.41) is 3.16. The number of nitrogens with one attached hydrogen (secondary N) is 2. The largest absolute Gasteiger partial charge is 0.360 e. The highest BCUT2D eigenvalue weighted by molar-refractivity contribution is 5.94. The molecule has 1 aliphatic rings. The second-order valence-electron chi connectivity index (χ2n) is 7.73. The van der Waals surface area contributed by atoms with Gasteiger partial charge in [0.1, 0.15) is 5.82 Å². The van der Waals surface area contributed by atoms with Crippen LogP contribution in [0.2, 0.25) is 0 Å². The summed E-state index contributed by atoms with van der Waals surface area (Å²) >= 11 is 0. The van der Waals surface area contributed by atoms with Crippen LogP contribution in [-0.4, -0.2) is 38.1 Å². The Bertz CT molecular complexity index is 785. The summed E-state index contributed by atoms with van der Waals surface area (Å²) in [6.45, 7) is 9.86. The zero-order valence-electron chi connectivity index (χ0n) is 17.0. The number of nitrogens with zero attached hydrogens (tertiary/aromatic N) is 1. The molecule has 0 bridgehead atoms. The van der Waals surface area contributed by atoms with Crippen molar-refractivity contribution in [3.8, 4) is 0 Å². The molecule has 1 heterocycles. The quantitative estimate of drug-likeness (QED) is 0.803. The van der Waals surface area contributed by atoms with Gasteiger partial charge in [0.2, 0.25) is 0 Å². The van der Waals surface area contributed by atoms with Crippen LogP contribution < -0.4 is 15.1 Å². The predicted octanol–water partition coefficient (Wildman–Crippen LogP) is 3.07. The molecule has 5 heteroatoms. The van der Waals surface area contributed by atoms with E-state index in [9.17, 15) is 9.18 Å². The van der Waals surface area contributed by atoms with E-state index in [0.717, 1.165) is 44.0 Å². The lowest BCUT2D eigenvalue weighted by atomic mass is 9.97. The molecule has 2 aromatic rings. The lowest BCUT2D eigenvalue weighted by Gasteiger charge is -2.36. The number of anilines is 2. The monoisotopic (exact) mass is 384 g/mol. The molecule has 0 aromatic heterocycles. The average Bonchev–Trinajstić information content (AvgIpc) is 2.73. The van der Waals surface area contributed by atoms with Crippen molar-refractivity contribution in [1.29, 1.82) is 0 Å². The van der Waals surface area contributed by atoms with Gasteiger partial charge in [-0.05, 0) is 55.2 Å². The van der Waals surface area contributed by atoms with E-state index in [2.05, 4.69) is 30.1 Å². The van der Waals surface area contributed by atoms with Gasteiger partial charge in [0.25, 0.3) is 5.91 Å². The minimum atomic E-state index is -0.212. The first kappa shape index (κ1) is 20.3. The average molecular weight is 385 g/mol. The Morgan fingerprint density at radius 1 is 1.11 bits per heavy atom. The van der Waals surface area contributed by atoms with E-state index < -0.39 is 0 Å². The molecular formula is C23H31FN3O+. The van der Waals surface area contributed by atoms with Gasteiger partial charge in [0.05, 0.1) is 26.2 Å². The lowest BCUT2D eigenvalue weighted by molar-refractivity contribution is -0.914. The number of carbonyl (C=O) groups excluding carboxylic acids is 1. The minimum Gasteiger partial charge on any atom is -0.360 e. The number of hydrogen-bond donors (Lipinski definition) is 2. The topological polar surface area (TPSA) is 36.8 Å². The number of hydrogen-bond acceptors (Lipinski definition) is 2. The lowest BCUT2D eigenvalue weighted by Crippen LogP contribution is -3.19. The second-order valence-corrected chi connectivity index (χ2v) is 7.73. The molecule has 1 fully saturated rings. The SMILES string of the molecule is CC[C@H](C)c1ccccc1NC(=O)[C@H](C)[NH+]1CCN(c2ccc(F)cc2)CC1. The number of piperazine rings is 1. The summed E-state index contributed by atoms with van der Waals surface area (Å²) in [6.07, 6.45) is 1.04. The van der Waals surface area contributed by atoms with E-state index in [0.29, 0.717) is 5.92 Å². The van der Waals surface area contributed by atoms with Gasteiger partial charge in [-0.2, -0.15) is 0 Å². The van der Waals surface area contributed by atoms with Gasteiger partial charge in [0.15, 0.2) is 6.04 Å². The van der Waals surface area contributed by atoms with Gasteiger partial charge in [-0.3, -0.25) is 4.79 Å². The van der Waals surface area contributed by atoms with Gasteiger partial charge in [-0.25, -0.2) is 4.39 Å². The molecule has 2 aromatic carbocycles. The number of halogens is 1.